The van der Waals surface area contributed by atoms with Crippen molar-refractivity contribution in [2.75, 3.05) is 31.8 Å². The molecule has 1 unspecified atom stereocenters. The molecular weight excluding hydrogens is 346 g/mol. The minimum absolute atomic E-state index is 0.00790. The standard InChI is InChI=1S/C20H29N3O4/c1-14(2)23-18-9-8-16(26-4)12-17(18)19(20(23)25)22(15(3)24)13-27-21-10-6-5-7-11-21/h8-9,12,14,19H,5-7,10-11,13H2,1-4H3. The van der Waals surface area contributed by atoms with Gasteiger partial charge in [0.2, 0.25) is 5.91 Å². The summed E-state index contributed by atoms with van der Waals surface area (Å²) in [6.07, 6.45) is 3.38. The minimum Gasteiger partial charge on any atom is -0.497 e. The predicted molar refractivity (Wildman–Crippen MR) is 102 cm³/mol. The molecule has 27 heavy (non-hydrogen) atoms. The third kappa shape index (κ3) is 3.94. The third-order valence-electron chi connectivity index (χ3n) is 5.19. The number of benzene rings is 1. The van der Waals surface area contributed by atoms with Crippen LogP contribution in [0.1, 0.15) is 51.6 Å². The molecule has 1 aromatic carbocycles. The van der Waals surface area contributed by atoms with Gasteiger partial charge < -0.3 is 14.5 Å². The minimum atomic E-state index is -0.695. The van der Waals surface area contributed by atoms with Crippen molar-refractivity contribution in [1.82, 2.24) is 9.96 Å². The van der Waals surface area contributed by atoms with Gasteiger partial charge in [-0.25, -0.2) is 0 Å². The number of hydrogen-bond acceptors (Lipinski definition) is 5. The molecule has 1 saturated heterocycles. The Morgan fingerprint density at radius 1 is 1.26 bits per heavy atom. The molecule has 148 valence electrons. The zero-order chi connectivity index (χ0) is 19.6. The normalized spacial score (nSPS) is 20.1. The number of piperidine rings is 1. The first-order chi connectivity index (χ1) is 12.9. The fourth-order valence-corrected chi connectivity index (χ4v) is 3.80. The summed E-state index contributed by atoms with van der Waals surface area (Å²) in [6.45, 7) is 7.19. The highest BCUT2D eigenvalue weighted by Crippen LogP contribution is 2.42. The van der Waals surface area contributed by atoms with E-state index in [9.17, 15) is 9.59 Å². The van der Waals surface area contributed by atoms with Gasteiger partial charge in [-0.15, -0.1) is 0 Å². The maximum Gasteiger partial charge on any atom is 0.254 e. The van der Waals surface area contributed by atoms with Crippen LogP contribution in [0.5, 0.6) is 5.75 Å². The Balaban J connectivity index is 1.89. The highest BCUT2D eigenvalue weighted by Gasteiger charge is 2.43. The lowest BCUT2D eigenvalue weighted by Crippen LogP contribution is -2.45. The zero-order valence-electron chi connectivity index (χ0n) is 16.6. The van der Waals surface area contributed by atoms with Gasteiger partial charge in [-0.1, -0.05) is 6.42 Å². The first kappa shape index (κ1) is 19.6. The number of carbonyl (C=O) groups excluding carboxylic acids is 2. The zero-order valence-corrected chi connectivity index (χ0v) is 16.6. The molecule has 0 N–H and O–H groups in total. The van der Waals surface area contributed by atoms with Crippen molar-refractivity contribution in [2.45, 2.75) is 52.1 Å². The van der Waals surface area contributed by atoms with Crippen LogP contribution in [0.3, 0.4) is 0 Å². The summed E-state index contributed by atoms with van der Waals surface area (Å²) >= 11 is 0. The average molecular weight is 375 g/mol. The fourth-order valence-electron chi connectivity index (χ4n) is 3.80. The monoisotopic (exact) mass is 375 g/mol. The average Bonchev–Trinajstić information content (AvgIpc) is 2.94. The molecule has 1 aromatic rings. The number of anilines is 1. The van der Waals surface area contributed by atoms with Crippen LogP contribution in [0.4, 0.5) is 5.69 Å². The highest BCUT2D eigenvalue weighted by molar-refractivity contribution is 6.06. The number of rotatable bonds is 6. The molecule has 3 rings (SSSR count). The molecule has 0 radical (unpaired) electrons. The van der Waals surface area contributed by atoms with E-state index in [0.717, 1.165) is 37.2 Å². The maximum absolute atomic E-state index is 13.2. The molecule has 0 spiro atoms. The Kier molecular flexibility index (Phi) is 6.01. The van der Waals surface area contributed by atoms with Crippen LogP contribution < -0.4 is 9.64 Å². The van der Waals surface area contributed by atoms with Gasteiger partial charge in [0.05, 0.1) is 12.8 Å². The van der Waals surface area contributed by atoms with E-state index in [0.29, 0.717) is 5.75 Å². The summed E-state index contributed by atoms with van der Waals surface area (Å²) in [5.41, 5.74) is 1.61. The Morgan fingerprint density at radius 3 is 2.56 bits per heavy atom. The molecule has 0 saturated carbocycles. The number of carbonyl (C=O) groups is 2. The lowest BCUT2D eigenvalue weighted by molar-refractivity contribution is -0.205. The molecule has 7 nitrogen and oxygen atoms in total. The van der Waals surface area contributed by atoms with E-state index in [1.807, 2.05) is 37.1 Å². The molecule has 0 aliphatic carbocycles. The Bertz CT molecular complexity index is 700. The molecule has 2 amide bonds. The maximum atomic E-state index is 13.2. The first-order valence-corrected chi connectivity index (χ1v) is 9.60. The van der Waals surface area contributed by atoms with E-state index in [2.05, 4.69) is 0 Å². The second-order valence-electron chi connectivity index (χ2n) is 7.37. The largest absolute Gasteiger partial charge is 0.497 e. The third-order valence-corrected chi connectivity index (χ3v) is 5.19. The van der Waals surface area contributed by atoms with Gasteiger partial charge in [0.25, 0.3) is 5.91 Å². The summed E-state index contributed by atoms with van der Waals surface area (Å²) < 4.78 is 5.34. The number of fused-ring (bicyclic) bond motifs is 1. The molecule has 1 atom stereocenters. The van der Waals surface area contributed by atoms with Crippen molar-refractivity contribution in [2.24, 2.45) is 0 Å². The number of hydroxylamine groups is 2. The molecular formula is C20H29N3O4. The quantitative estimate of drug-likeness (QED) is 0.716. The van der Waals surface area contributed by atoms with Gasteiger partial charge in [0.15, 0.2) is 0 Å². The molecule has 2 heterocycles. The molecule has 2 aliphatic heterocycles. The summed E-state index contributed by atoms with van der Waals surface area (Å²) in [5, 5.41) is 1.89. The summed E-state index contributed by atoms with van der Waals surface area (Å²) in [7, 11) is 1.59. The molecule has 0 aromatic heterocycles. The first-order valence-electron chi connectivity index (χ1n) is 9.60. The smallest absolute Gasteiger partial charge is 0.254 e. The number of hydrogen-bond donors (Lipinski definition) is 0. The van der Waals surface area contributed by atoms with Crippen molar-refractivity contribution in [3.63, 3.8) is 0 Å². The van der Waals surface area contributed by atoms with Crippen LogP contribution in [0, 0.1) is 0 Å². The van der Waals surface area contributed by atoms with Crippen LogP contribution in [0.15, 0.2) is 18.2 Å². The van der Waals surface area contributed by atoms with Crippen LogP contribution in [-0.2, 0) is 14.4 Å². The van der Waals surface area contributed by atoms with E-state index in [-0.39, 0.29) is 24.6 Å². The Morgan fingerprint density at radius 2 is 1.96 bits per heavy atom. The lowest BCUT2D eigenvalue weighted by Gasteiger charge is -2.32. The predicted octanol–water partition coefficient (Wildman–Crippen LogP) is 2.71. The van der Waals surface area contributed by atoms with Crippen molar-refractivity contribution < 1.29 is 19.2 Å². The summed E-state index contributed by atoms with van der Waals surface area (Å²) in [4.78, 5) is 34.8. The number of ether oxygens (including phenoxy) is 1. The van der Waals surface area contributed by atoms with Gasteiger partial charge in [0, 0.05) is 31.6 Å². The topological polar surface area (TPSA) is 62.3 Å². The number of methoxy groups -OCH3 is 1. The van der Waals surface area contributed by atoms with Gasteiger partial charge >= 0.3 is 0 Å². The van der Waals surface area contributed by atoms with Gasteiger partial charge in [-0.3, -0.25) is 14.4 Å². The molecule has 0 bridgehead atoms. The van der Waals surface area contributed by atoms with Gasteiger partial charge in [0.1, 0.15) is 18.5 Å². The fraction of sp³-hybridized carbons (Fsp3) is 0.600. The van der Waals surface area contributed by atoms with Crippen molar-refractivity contribution in [1.29, 1.82) is 0 Å². The van der Waals surface area contributed by atoms with Crippen molar-refractivity contribution >= 4 is 17.5 Å². The lowest BCUT2D eigenvalue weighted by atomic mass is 10.1. The Labute approximate surface area is 160 Å². The molecule has 2 aliphatic rings. The molecule has 7 heteroatoms. The van der Waals surface area contributed by atoms with Crippen LogP contribution in [-0.4, -0.2) is 54.7 Å². The second-order valence-corrected chi connectivity index (χ2v) is 7.37. The second kappa shape index (κ2) is 8.27. The molecule has 1 fully saturated rings. The van der Waals surface area contributed by atoms with E-state index >= 15 is 0 Å². The highest BCUT2D eigenvalue weighted by atomic mass is 16.7. The van der Waals surface area contributed by atoms with E-state index in [1.165, 1.54) is 18.2 Å². The van der Waals surface area contributed by atoms with E-state index in [4.69, 9.17) is 9.57 Å². The van der Waals surface area contributed by atoms with E-state index in [1.54, 1.807) is 12.0 Å². The van der Waals surface area contributed by atoms with Crippen LogP contribution in [0.25, 0.3) is 0 Å². The van der Waals surface area contributed by atoms with E-state index < -0.39 is 6.04 Å². The van der Waals surface area contributed by atoms with Gasteiger partial charge in [-0.05, 0) is 44.9 Å². The van der Waals surface area contributed by atoms with Crippen molar-refractivity contribution in [3.8, 4) is 5.75 Å². The van der Waals surface area contributed by atoms with Gasteiger partial charge in [-0.2, -0.15) is 5.06 Å². The summed E-state index contributed by atoms with van der Waals surface area (Å²) in [6, 6.07) is 4.87. The number of nitrogens with zero attached hydrogens (tertiary/aromatic N) is 3. The van der Waals surface area contributed by atoms with Crippen molar-refractivity contribution in [3.05, 3.63) is 23.8 Å². The van der Waals surface area contributed by atoms with Crippen LogP contribution in [0.2, 0.25) is 0 Å². The van der Waals surface area contributed by atoms with Crippen LogP contribution >= 0.6 is 0 Å². The summed E-state index contributed by atoms with van der Waals surface area (Å²) in [5.74, 6) is 0.369. The Hall–Kier alpha value is -2.12. The number of amides is 2. The SMILES string of the molecule is COc1ccc2c(c1)C(N(CON1CCCCC1)C(C)=O)C(=O)N2C(C)C.